The zero-order valence-corrected chi connectivity index (χ0v) is 15.8. The Bertz CT molecular complexity index is 698. The van der Waals surface area contributed by atoms with E-state index in [0.717, 1.165) is 5.56 Å². The molecule has 8 heteroatoms. The van der Waals surface area contributed by atoms with E-state index in [4.69, 9.17) is 5.11 Å². The number of carbonyl (C=O) groups excluding carboxylic acids is 1. The average molecular weight is 370 g/mol. The monoisotopic (exact) mass is 370 g/mol. The lowest BCUT2D eigenvalue weighted by molar-refractivity contribution is -0.141. The minimum absolute atomic E-state index is 0.0605. The van der Waals surface area contributed by atoms with Crippen molar-refractivity contribution in [1.29, 1.82) is 0 Å². The van der Waals surface area contributed by atoms with Gasteiger partial charge in [-0.3, -0.25) is 9.59 Å². The second-order valence-electron chi connectivity index (χ2n) is 6.60. The van der Waals surface area contributed by atoms with Crippen molar-refractivity contribution in [3.05, 3.63) is 29.8 Å². The molecule has 0 saturated heterocycles. The Morgan fingerprint density at radius 2 is 1.68 bits per heavy atom. The van der Waals surface area contributed by atoms with Gasteiger partial charge in [0.05, 0.1) is 10.8 Å². The van der Waals surface area contributed by atoms with E-state index in [1.165, 1.54) is 19.1 Å². The fourth-order valence-electron chi connectivity index (χ4n) is 2.12. The summed E-state index contributed by atoms with van der Waals surface area (Å²) in [6, 6.07) is 5.36. The maximum absolute atomic E-state index is 12.5. The number of nitrogens with one attached hydrogen (secondary N) is 2. The van der Waals surface area contributed by atoms with Gasteiger partial charge in [0.2, 0.25) is 15.9 Å². The van der Waals surface area contributed by atoms with Gasteiger partial charge in [0.15, 0.2) is 0 Å². The smallest absolute Gasteiger partial charge is 0.308 e. The molecule has 1 amide bonds. The van der Waals surface area contributed by atoms with Crippen LogP contribution in [0.1, 0.15) is 32.8 Å². The van der Waals surface area contributed by atoms with E-state index < -0.39 is 33.9 Å². The Kier molecular flexibility index (Phi) is 7.57. The molecule has 0 aromatic heterocycles. The molecule has 0 aliphatic rings. The van der Waals surface area contributed by atoms with Crippen LogP contribution in [0.15, 0.2) is 29.2 Å². The number of sulfonamides is 1. The van der Waals surface area contributed by atoms with Crippen molar-refractivity contribution < 1.29 is 23.1 Å². The molecular weight excluding hydrogens is 344 g/mol. The van der Waals surface area contributed by atoms with Gasteiger partial charge in [-0.05, 0) is 31.4 Å². The Morgan fingerprint density at radius 3 is 2.16 bits per heavy atom. The number of hydrogen-bond donors (Lipinski definition) is 3. The highest BCUT2D eigenvalue weighted by Gasteiger charge is 2.27. The Balaban J connectivity index is 2.89. The molecule has 25 heavy (non-hydrogen) atoms. The first-order chi connectivity index (χ1) is 11.5. The molecule has 3 N–H and O–H groups in total. The summed E-state index contributed by atoms with van der Waals surface area (Å²) in [5, 5.41) is 11.4. The molecule has 0 heterocycles. The predicted molar refractivity (Wildman–Crippen MR) is 94.6 cm³/mol. The second kappa shape index (κ2) is 8.96. The Morgan fingerprint density at radius 1 is 1.12 bits per heavy atom. The van der Waals surface area contributed by atoms with Crippen LogP contribution in [0.2, 0.25) is 0 Å². The molecule has 2 atom stereocenters. The van der Waals surface area contributed by atoms with Crippen molar-refractivity contribution in [2.45, 2.75) is 45.1 Å². The summed E-state index contributed by atoms with van der Waals surface area (Å²) < 4.78 is 27.4. The summed E-state index contributed by atoms with van der Waals surface area (Å²) in [7, 11) is -3.85. The van der Waals surface area contributed by atoms with Crippen molar-refractivity contribution in [2.24, 2.45) is 11.8 Å². The normalized spacial score (nSPS) is 14.1. The molecular formula is C17H26N2O5S. The number of hydrogen-bond acceptors (Lipinski definition) is 4. The number of benzene rings is 1. The van der Waals surface area contributed by atoms with Crippen molar-refractivity contribution in [3.8, 4) is 0 Å². The zero-order chi connectivity index (χ0) is 19.2. The first kappa shape index (κ1) is 21.1. The molecule has 1 rings (SSSR count). The van der Waals surface area contributed by atoms with Crippen molar-refractivity contribution in [2.75, 3.05) is 6.54 Å². The molecule has 140 valence electrons. The van der Waals surface area contributed by atoms with Crippen molar-refractivity contribution in [1.82, 2.24) is 10.0 Å². The molecule has 0 aliphatic carbocycles. The van der Waals surface area contributed by atoms with Crippen LogP contribution in [0.25, 0.3) is 0 Å². The number of aliphatic carboxylic acids is 1. The SMILES string of the molecule is Cc1ccc(S(=O)(=O)NC(CC(C)C)C(=O)NCC(C)C(=O)O)cc1. The second-order valence-corrected chi connectivity index (χ2v) is 8.31. The predicted octanol–water partition coefficient (Wildman–Crippen LogP) is 1.52. The van der Waals surface area contributed by atoms with Crippen LogP contribution >= 0.6 is 0 Å². The Labute approximate surface area is 148 Å². The van der Waals surface area contributed by atoms with Crippen LogP contribution in [0.3, 0.4) is 0 Å². The molecule has 0 radical (unpaired) electrons. The fourth-order valence-corrected chi connectivity index (χ4v) is 3.33. The molecule has 0 saturated carbocycles. The molecule has 0 bridgehead atoms. The van der Waals surface area contributed by atoms with E-state index in [0.29, 0.717) is 6.42 Å². The van der Waals surface area contributed by atoms with Gasteiger partial charge in [-0.25, -0.2) is 8.42 Å². The quantitative estimate of drug-likeness (QED) is 0.610. The van der Waals surface area contributed by atoms with E-state index in [2.05, 4.69) is 10.0 Å². The minimum atomic E-state index is -3.85. The van der Waals surface area contributed by atoms with Gasteiger partial charge in [0, 0.05) is 6.54 Å². The first-order valence-electron chi connectivity index (χ1n) is 8.12. The van der Waals surface area contributed by atoms with Gasteiger partial charge >= 0.3 is 5.97 Å². The number of carbonyl (C=O) groups is 2. The minimum Gasteiger partial charge on any atom is -0.481 e. The molecule has 1 aromatic carbocycles. The maximum Gasteiger partial charge on any atom is 0.308 e. The number of amides is 1. The third kappa shape index (κ3) is 6.83. The molecule has 0 fully saturated rings. The third-order valence-corrected chi connectivity index (χ3v) is 5.14. The molecule has 7 nitrogen and oxygen atoms in total. The Hall–Kier alpha value is -1.93. The van der Waals surface area contributed by atoms with Gasteiger partial charge in [-0.15, -0.1) is 0 Å². The van der Waals surface area contributed by atoms with E-state index in [1.54, 1.807) is 12.1 Å². The van der Waals surface area contributed by atoms with Gasteiger partial charge in [0.25, 0.3) is 0 Å². The molecule has 1 aromatic rings. The fraction of sp³-hybridized carbons (Fsp3) is 0.529. The highest BCUT2D eigenvalue weighted by atomic mass is 32.2. The summed E-state index contributed by atoms with van der Waals surface area (Å²) >= 11 is 0. The van der Waals surface area contributed by atoms with Crippen LogP contribution in [-0.2, 0) is 19.6 Å². The highest BCUT2D eigenvalue weighted by molar-refractivity contribution is 7.89. The topological polar surface area (TPSA) is 113 Å². The van der Waals surface area contributed by atoms with Gasteiger partial charge in [0.1, 0.15) is 6.04 Å². The summed E-state index contributed by atoms with van der Waals surface area (Å²) in [6.45, 7) is 7.01. The summed E-state index contributed by atoms with van der Waals surface area (Å²) in [5.74, 6) is -2.23. The number of rotatable bonds is 9. The van der Waals surface area contributed by atoms with E-state index >= 15 is 0 Å². The molecule has 0 aliphatic heterocycles. The standard InChI is InChI=1S/C17H26N2O5S/c1-11(2)9-15(16(20)18-10-13(4)17(21)22)19-25(23,24)14-7-5-12(3)6-8-14/h5-8,11,13,15,19H,9-10H2,1-4H3,(H,18,20)(H,21,22). The van der Waals surface area contributed by atoms with E-state index in [-0.39, 0.29) is 17.4 Å². The number of carboxylic acids is 1. The maximum atomic E-state index is 12.5. The van der Waals surface area contributed by atoms with Crippen molar-refractivity contribution in [3.63, 3.8) is 0 Å². The van der Waals surface area contributed by atoms with Crippen LogP contribution in [-0.4, -0.2) is 38.0 Å². The van der Waals surface area contributed by atoms with Crippen molar-refractivity contribution >= 4 is 21.9 Å². The van der Waals surface area contributed by atoms with Crippen LogP contribution < -0.4 is 10.0 Å². The average Bonchev–Trinajstić information content (AvgIpc) is 2.51. The molecule has 0 spiro atoms. The van der Waals surface area contributed by atoms with E-state index in [1.807, 2.05) is 20.8 Å². The molecule has 2 unspecified atom stereocenters. The summed E-state index contributed by atoms with van der Waals surface area (Å²) in [4.78, 5) is 23.3. The van der Waals surface area contributed by atoms with Gasteiger partial charge in [-0.1, -0.05) is 38.5 Å². The lowest BCUT2D eigenvalue weighted by Gasteiger charge is -2.21. The third-order valence-electron chi connectivity index (χ3n) is 3.66. The largest absolute Gasteiger partial charge is 0.481 e. The highest BCUT2D eigenvalue weighted by Crippen LogP contribution is 2.13. The first-order valence-corrected chi connectivity index (χ1v) is 9.60. The zero-order valence-electron chi connectivity index (χ0n) is 14.9. The summed E-state index contributed by atoms with van der Waals surface area (Å²) in [6.07, 6.45) is 0.304. The summed E-state index contributed by atoms with van der Waals surface area (Å²) in [5.41, 5.74) is 0.929. The van der Waals surface area contributed by atoms with Crippen LogP contribution in [0.4, 0.5) is 0 Å². The lowest BCUT2D eigenvalue weighted by Crippen LogP contribution is -2.48. The number of aryl methyl sites for hydroxylation is 1. The lowest BCUT2D eigenvalue weighted by atomic mass is 10.0. The van der Waals surface area contributed by atoms with Crippen LogP contribution in [0.5, 0.6) is 0 Å². The van der Waals surface area contributed by atoms with Crippen LogP contribution in [0, 0.1) is 18.8 Å². The van der Waals surface area contributed by atoms with Gasteiger partial charge in [-0.2, -0.15) is 4.72 Å². The number of carboxylic acid groups (broad SMARTS) is 1. The van der Waals surface area contributed by atoms with E-state index in [9.17, 15) is 18.0 Å². The van der Waals surface area contributed by atoms with Gasteiger partial charge < -0.3 is 10.4 Å².